The Hall–Kier alpha value is -6.87. The summed E-state index contributed by atoms with van der Waals surface area (Å²) < 4.78 is 153. The molecule has 0 radical (unpaired) electrons. The summed E-state index contributed by atoms with van der Waals surface area (Å²) in [5.74, 6) is -6.61. The zero-order valence-corrected chi connectivity index (χ0v) is 48.9. The van der Waals surface area contributed by atoms with Gasteiger partial charge in [-0.3, -0.25) is 9.59 Å². The van der Waals surface area contributed by atoms with Gasteiger partial charge >= 0.3 is 11.9 Å². The molecule has 0 saturated heterocycles. The van der Waals surface area contributed by atoms with E-state index in [1.54, 1.807) is 26.8 Å². The maximum Gasteiger partial charge on any atom is 0.333 e. The quantitative estimate of drug-likeness (QED) is 0.0208. The number of hydrogen-bond donors (Lipinski definition) is 6. The fourth-order valence-corrected chi connectivity index (χ4v) is 8.94. The van der Waals surface area contributed by atoms with Crippen molar-refractivity contribution in [3.8, 4) is 23.0 Å². The Balaban J connectivity index is 0.938. The number of aliphatic hydroxyl groups is 2. The Kier molecular flexibility index (Phi) is 31.2. The van der Waals surface area contributed by atoms with Gasteiger partial charge in [0.2, 0.25) is 20.0 Å². The van der Waals surface area contributed by atoms with Crippen molar-refractivity contribution in [2.75, 3.05) is 119 Å². The molecule has 0 aliphatic carbocycles. The highest BCUT2D eigenvalue weighted by molar-refractivity contribution is 7.89. The van der Waals surface area contributed by atoms with E-state index in [1.165, 1.54) is 79.7 Å². The summed E-state index contributed by atoms with van der Waals surface area (Å²) in [6.45, 7) is 7.69. The molecule has 0 aliphatic rings. The maximum atomic E-state index is 14.7. The van der Waals surface area contributed by atoms with Crippen molar-refractivity contribution in [2.45, 2.75) is 49.7 Å². The number of aliphatic hydroxyl groups excluding tert-OH is 2. The van der Waals surface area contributed by atoms with Gasteiger partial charge in [0.1, 0.15) is 11.5 Å². The van der Waals surface area contributed by atoms with Gasteiger partial charge in [-0.15, -0.1) is 0 Å². The van der Waals surface area contributed by atoms with Crippen LogP contribution in [-0.2, 0) is 77.1 Å². The van der Waals surface area contributed by atoms with E-state index in [4.69, 9.17) is 47.4 Å². The van der Waals surface area contributed by atoms with Crippen molar-refractivity contribution in [3.05, 3.63) is 119 Å². The molecule has 29 heteroatoms. The fraction of sp³-hybridized carbons (Fsp3) is 0.429. The van der Waals surface area contributed by atoms with Gasteiger partial charge in [-0.25, -0.2) is 49.0 Å². The minimum absolute atomic E-state index is 0.00552. The van der Waals surface area contributed by atoms with Crippen molar-refractivity contribution < 1.29 is 107 Å². The number of benzene rings is 4. The molecule has 0 aliphatic heterocycles. The predicted octanol–water partition coefficient (Wildman–Crippen LogP) is 3.93. The molecule has 0 unspecified atom stereocenters. The maximum absolute atomic E-state index is 14.7. The number of rotatable bonds is 41. The topological polar surface area (TPSA) is 317 Å². The molecule has 4 aromatic carbocycles. The van der Waals surface area contributed by atoms with Crippen molar-refractivity contribution in [1.82, 2.24) is 20.1 Å². The normalized spacial score (nSPS) is 12.8. The molecule has 6 N–H and O–H groups in total. The second-order valence-electron chi connectivity index (χ2n) is 17.7. The Labute approximate surface area is 490 Å². The van der Waals surface area contributed by atoms with Crippen molar-refractivity contribution in [1.29, 1.82) is 0 Å². The number of halogens is 3. The van der Waals surface area contributed by atoms with E-state index in [0.29, 0.717) is 11.1 Å². The van der Waals surface area contributed by atoms with Crippen LogP contribution in [-0.4, -0.2) is 182 Å². The summed E-state index contributed by atoms with van der Waals surface area (Å²) >= 11 is 0. The third kappa shape index (κ3) is 25.7. The van der Waals surface area contributed by atoms with Gasteiger partial charge in [0.15, 0.2) is 41.2 Å². The molecule has 0 aromatic heterocycles. The average molecular weight is 1240 g/mol. The summed E-state index contributed by atoms with van der Waals surface area (Å²) in [7, 11) is -7.87. The number of carbonyl (C=O) groups excluding carboxylic acids is 4. The number of amides is 2. The first-order valence-corrected chi connectivity index (χ1v) is 29.5. The number of esters is 2. The van der Waals surface area contributed by atoms with E-state index in [9.17, 15) is 59.4 Å². The van der Waals surface area contributed by atoms with Crippen LogP contribution < -0.4 is 29.6 Å². The molecule has 24 nitrogen and oxygen atoms in total. The number of nitrogens with one attached hydrogen (secondary N) is 4. The van der Waals surface area contributed by atoms with Crippen LogP contribution in [0.15, 0.2) is 99.8 Å². The second-order valence-corrected chi connectivity index (χ2v) is 21.2. The van der Waals surface area contributed by atoms with Crippen LogP contribution in [0.5, 0.6) is 23.0 Å². The Morgan fingerprint density at radius 1 is 0.482 bits per heavy atom. The molecule has 0 bridgehead atoms. The molecule has 4 aromatic rings. The molecule has 0 saturated carbocycles. The molecule has 85 heavy (non-hydrogen) atoms. The van der Waals surface area contributed by atoms with Crippen LogP contribution in [0.2, 0.25) is 0 Å². The standard InChI is InChI=1S/C56H71F3N4O20S2/c1-5-80-55(68)38(3)33-40-7-16-49(46(57)35-40)82-42-8-12-44(13-9-42)84(70,71)62-19-23-76-27-31-78-29-25-74-21-17-60-53(66)50(64)51(65)54(67)61-18-22-75-26-30-79-32-28-77-24-20-63-85(72,73)45-14-10-43(11-15-45)83-52-47(58)36-41(37-48(52)59)34-39(4)56(69)81-6-2/h7-16,33-37,50-51,62-65H,5-6,17-32H2,1-4H3,(H,60,66)(H,61,67)/b38-33+,39-34+/t50-,51-/m1/s1. The average Bonchev–Trinajstić information content (AvgIpc) is 3.68. The van der Waals surface area contributed by atoms with Gasteiger partial charge in [-0.05, 0) is 124 Å². The minimum Gasteiger partial charge on any atom is -0.463 e. The van der Waals surface area contributed by atoms with E-state index < -0.39 is 79.2 Å². The third-order valence-corrected chi connectivity index (χ3v) is 14.1. The van der Waals surface area contributed by atoms with Crippen LogP contribution in [0.3, 0.4) is 0 Å². The Bertz CT molecular complexity index is 3040. The lowest BCUT2D eigenvalue weighted by Crippen LogP contribution is -2.50. The molecule has 0 fully saturated rings. The molecule has 2 amide bonds. The summed E-state index contributed by atoms with van der Waals surface area (Å²) in [6.07, 6.45) is -1.38. The lowest BCUT2D eigenvalue weighted by atomic mass is 10.1. The van der Waals surface area contributed by atoms with Crippen molar-refractivity contribution in [2.24, 2.45) is 0 Å². The van der Waals surface area contributed by atoms with Crippen LogP contribution in [0.25, 0.3) is 12.2 Å². The van der Waals surface area contributed by atoms with Gasteiger partial charge in [-0.1, -0.05) is 6.07 Å². The third-order valence-electron chi connectivity index (χ3n) is 11.1. The summed E-state index contributed by atoms with van der Waals surface area (Å²) in [4.78, 5) is 48.0. The second kappa shape index (κ2) is 37.5. The minimum atomic E-state index is -3.98. The molecule has 4 rings (SSSR count). The van der Waals surface area contributed by atoms with E-state index in [1.807, 2.05) is 0 Å². The van der Waals surface area contributed by atoms with Gasteiger partial charge in [0.25, 0.3) is 11.8 Å². The molecule has 2 atom stereocenters. The Morgan fingerprint density at radius 3 is 1.22 bits per heavy atom. The zero-order chi connectivity index (χ0) is 62.2. The molecule has 468 valence electrons. The zero-order valence-electron chi connectivity index (χ0n) is 47.2. The van der Waals surface area contributed by atoms with E-state index in [2.05, 4.69) is 20.1 Å². The van der Waals surface area contributed by atoms with Gasteiger partial charge in [0.05, 0.1) is 102 Å². The molecular weight excluding hydrogens is 1170 g/mol. The summed E-state index contributed by atoms with van der Waals surface area (Å²) in [5, 5.41) is 24.9. The van der Waals surface area contributed by atoms with E-state index in [-0.39, 0.29) is 157 Å². The first-order chi connectivity index (χ1) is 40.6. The van der Waals surface area contributed by atoms with Gasteiger partial charge < -0.3 is 68.2 Å². The van der Waals surface area contributed by atoms with E-state index >= 15 is 0 Å². The predicted molar refractivity (Wildman–Crippen MR) is 300 cm³/mol. The highest BCUT2D eigenvalue weighted by Gasteiger charge is 2.30. The molecule has 0 heterocycles. The van der Waals surface area contributed by atoms with Crippen molar-refractivity contribution in [3.63, 3.8) is 0 Å². The lowest BCUT2D eigenvalue weighted by Gasteiger charge is -2.17. The number of ether oxygens (including phenoxy) is 10. The Morgan fingerprint density at radius 2 is 0.835 bits per heavy atom. The number of hydrogen-bond acceptors (Lipinski definition) is 20. The van der Waals surface area contributed by atoms with Crippen LogP contribution in [0, 0.1) is 17.5 Å². The van der Waals surface area contributed by atoms with E-state index in [0.717, 1.165) is 12.1 Å². The summed E-state index contributed by atoms with van der Waals surface area (Å²) in [6, 6.07) is 16.3. The highest BCUT2D eigenvalue weighted by atomic mass is 32.2. The van der Waals surface area contributed by atoms with Crippen LogP contribution in [0.4, 0.5) is 13.2 Å². The monoisotopic (exact) mass is 1240 g/mol. The number of sulfonamides is 2. The first-order valence-electron chi connectivity index (χ1n) is 26.6. The van der Waals surface area contributed by atoms with Crippen LogP contribution >= 0.6 is 0 Å². The molecule has 0 spiro atoms. The highest BCUT2D eigenvalue weighted by Crippen LogP contribution is 2.31. The number of carbonyl (C=O) groups is 4. The summed E-state index contributed by atoms with van der Waals surface area (Å²) in [5.41, 5.74) is 0.933. The molecular formula is C56H71F3N4O20S2. The van der Waals surface area contributed by atoms with Crippen LogP contribution in [0.1, 0.15) is 38.8 Å². The van der Waals surface area contributed by atoms with Crippen molar-refractivity contribution >= 4 is 56.0 Å². The van der Waals surface area contributed by atoms with Gasteiger partial charge in [-0.2, -0.15) is 0 Å². The lowest BCUT2D eigenvalue weighted by molar-refractivity contribution is -0.146. The fourth-order valence-electron chi connectivity index (χ4n) is 6.91. The smallest absolute Gasteiger partial charge is 0.333 e. The largest absolute Gasteiger partial charge is 0.463 e. The first kappa shape index (κ1) is 70.6. The SMILES string of the molecule is CCOC(=O)/C(C)=C/c1ccc(Oc2ccc(S(=O)(=O)NCCOCCOCCOCCNC(=O)[C@H](O)[C@@H](O)C(=O)NCCOCCOCCOCCNS(=O)(=O)c3ccc(Oc4c(F)cc(/C=C(\C)C(=O)OCC)cc4F)cc3)cc2)c(F)c1. The van der Waals surface area contributed by atoms with Gasteiger partial charge in [0, 0.05) is 37.3 Å².